The molecule has 0 heterocycles. The molecule has 0 aromatic heterocycles. The number of aryl methyl sites for hydroxylation is 1. The van der Waals surface area contributed by atoms with Crippen LogP contribution in [0.15, 0.2) is 42.5 Å². The molecule has 0 atom stereocenters. The van der Waals surface area contributed by atoms with Crippen molar-refractivity contribution in [1.82, 2.24) is 0 Å². The summed E-state index contributed by atoms with van der Waals surface area (Å²) in [5.74, 6) is 0.641. The number of aromatic hydroxyl groups is 2. The van der Waals surface area contributed by atoms with Crippen LogP contribution < -0.4 is 9.47 Å². The third-order valence-corrected chi connectivity index (χ3v) is 3.59. The zero-order valence-electron chi connectivity index (χ0n) is 14.3. The number of hydrogen-bond acceptors (Lipinski definition) is 5. The van der Waals surface area contributed by atoms with Crippen molar-refractivity contribution >= 4 is 17.9 Å². The zero-order chi connectivity index (χ0) is 18.4. The van der Waals surface area contributed by atoms with Crippen LogP contribution >= 0.6 is 0 Å². The molecule has 0 radical (unpaired) electrons. The number of allylic oxidation sites excluding steroid dienone is 2. The molecule has 2 aromatic rings. The van der Waals surface area contributed by atoms with Gasteiger partial charge in [0.2, 0.25) is 0 Å². The first-order chi connectivity index (χ1) is 11.9. The summed E-state index contributed by atoms with van der Waals surface area (Å²) in [6, 6.07) is 8.23. The van der Waals surface area contributed by atoms with Crippen LogP contribution in [0.3, 0.4) is 0 Å². The first kappa shape index (κ1) is 18.1. The Hall–Kier alpha value is -3.21. The van der Waals surface area contributed by atoms with Crippen LogP contribution in [0.1, 0.15) is 16.7 Å². The van der Waals surface area contributed by atoms with Crippen molar-refractivity contribution in [2.24, 2.45) is 0 Å². The van der Waals surface area contributed by atoms with Gasteiger partial charge in [0.1, 0.15) is 0 Å². The Balaban J connectivity index is 2.12. The molecule has 130 valence electrons. The molecule has 0 spiro atoms. The van der Waals surface area contributed by atoms with Crippen molar-refractivity contribution in [2.75, 3.05) is 14.2 Å². The molecule has 0 unspecified atom stereocenters. The second-order valence-electron chi connectivity index (χ2n) is 5.39. The van der Waals surface area contributed by atoms with Gasteiger partial charge in [-0.2, -0.15) is 0 Å². The quantitative estimate of drug-likeness (QED) is 0.784. The predicted molar refractivity (Wildman–Crippen MR) is 97.1 cm³/mol. The molecular formula is C20H20O5. The average molecular weight is 340 g/mol. The number of methoxy groups -OCH3 is 2. The summed E-state index contributed by atoms with van der Waals surface area (Å²) >= 11 is 0. The minimum atomic E-state index is -0.197. The molecule has 2 rings (SSSR count). The van der Waals surface area contributed by atoms with Crippen molar-refractivity contribution in [3.8, 4) is 23.0 Å². The fourth-order valence-electron chi connectivity index (χ4n) is 2.24. The summed E-state index contributed by atoms with van der Waals surface area (Å²) in [6.07, 6.45) is 6.14. The number of hydrogen-bond donors (Lipinski definition) is 2. The van der Waals surface area contributed by atoms with Crippen molar-refractivity contribution in [3.05, 3.63) is 59.2 Å². The first-order valence-electron chi connectivity index (χ1n) is 7.59. The van der Waals surface area contributed by atoms with Crippen LogP contribution in [-0.2, 0) is 4.79 Å². The highest BCUT2D eigenvalue weighted by Crippen LogP contribution is 2.31. The summed E-state index contributed by atoms with van der Waals surface area (Å²) in [7, 11) is 2.94. The minimum Gasteiger partial charge on any atom is -0.504 e. The lowest BCUT2D eigenvalue weighted by atomic mass is 10.1. The van der Waals surface area contributed by atoms with E-state index in [1.54, 1.807) is 43.3 Å². The van der Waals surface area contributed by atoms with E-state index in [1.165, 1.54) is 32.4 Å². The van der Waals surface area contributed by atoms with E-state index in [-0.39, 0.29) is 17.3 Å². The lowest BCUT2D eigenvalue weighted by molar-refractivity contribution is -0.110. The molecule has 5 heteroatoms. The van der Waals surface area contributed by atoms with Gasteiger partial charge in [0, 0.05) is 0 Å². The largest absolute Gasteiger partial charge is 0.504 e. The van der Waals surface area contributed by atoms with E-state index in [4.69, 9.17) is 9.47 Å². The maximum absolute atomic E-state index is 12.0. The van der Waals surface area contributed by atoms with Gasteiger partial charge < -0.3 is 19.7 Å². The fraction of sp³-hybridized carbons (Fsp3) is 0.150. The molecule has 25 heavy (non-hydrogen) atoms. The van der Waals surface area contributed by atoms with Crippen molar-refractivity contribution in [1.29, 1.82) is 0 Å². The number of rotatable bonds is 6. The molecule has 0 saturated carbocycles. The van der Waals surface area contributed by atoms with Crippen molar-refractivity contribution in [3.63, 3.8) is 0 Å². The number of benzene rings is 2. The monoisotopic (exact) mass is 340 g/mol. The highest BCUT2D eigenvalue weighted by atomic mass is 16.5. The van der Waals surface area contributed by atoms with E-state index in [2.05, 4.69) is 0 Å². The van der Waals surface area contributed by atoms with Gasteiger partial charge in [-0.25, -0.2) is 0 Å². The number of ketones is 1. The molecule has 0 amide bonds. The van der Waals surface area contributed by atoms with Gasteiger partial charge >= 0.3 is 0 Å². The molecule has 0 bridgehead atoms. The fourth-order valence-corrected chi connectivity index (χ4v) is 2.24. The second-order valence-corrected chi connectivity index (χ2v) is 5.39. The molecule has 0 aliphatic heterocycles. The lowest BCUT2D eigenvalue weighted by Gasteiger charge is -2.07. The van der Waals surface area contributed by atoms with Gasteiger partial charge in [0.15, 0.2) is 28.8 Å². The van der Waals surface area contributed by atoms with Crippen LogP contribution in [-0.4, -0.2) is 30.2 Å². The minimum absolute atomic E-state index is 0.0440. The molecule has 0 fully saturated rings. The van der Waals surface area contributed by atoms with E-state index in [9.17, 15) is 15.0 Å². The number of carbonyl (C=O) groups excluding carboxylic acids is 1. The third-order valence-electron chi connectivity index (χ3n) is 3.59. The van der Waals surface area contributed by atoms with E-state index >= 15 is 0 Å². The third kappa shape index (κ3) is 4.64. The Labute approximate surface area is 146 Å². The summed E-state index contributed by atoms with van der Waals surface area (Å²) in [4.78, 5) is 12.0. The van der Waals surface area contributed by atoms with E-state index in [0.717, 1.165) is 11.1 Å². The van der Waals surface area contributed by atoms with Crippen LogP contribution in [0.4, 0.5) is 0 Å². The predicted octanol–water partition coefficient (Wildman–Crippen LogP) is 3.72. The topological polar surface area (TPSA) is 76.0 Å². The SMILES string of the molecule is COc1cc(/C=C/C(=O)/C=C/c2cc(C)c(O)c(OC)c2)ccc1O. The Morgan fingerprint density at radius 1 is 0.920 bits per heavy atom. The van der Waals surface area contributed by atoms with Crippen LogP contribution in [0.2, 0.25) is 0 Å². The average Bonchev–Trinajstić information content (AvgIpc) is 2.61. The Morgan fingerprint density at radius 2 is 1.52 bits per heavy atom. The number of ether oxygens (including phenoxy) is 2. The highest BCUT2D eigenvalue weighted by molar-refractivity contribution is 6.04. The standard InChI is InChI=1S/C20H20O5/c1-13-10-15(12-19(25-3)20(13)23)5-8-16(21)7-4-14-6-9-17(22)18(11-14)24-2/h4-12,22-23H,1-3H3/b7-4+,8-5+. The first-order valence-corrected chi connectivity index (χ1v) is 7.59. The van der Waals surface area contributed by atoms with E-state index in [0.29, 0.717) is 17.1 Å². The van der Waals surface area contributed by atoms with Gasteiger partial charge in [-0.15, -0.1) is 0 Å². The second kappa shape index (κ2) is 8.06. The lowest BCUT2D eigenvalue weighted by Crippen LogP contribution is -1.89. The molecule has 0 saturated heterocycles. The number of phenolic OH excluding ortho intramolecular Hbond substituents is 2. The summed E-state index contributed by atoms with van der Waals surface area (Å²) in [6.45, 7) is 1.76. The Morgan fingerprint density at radius 3 is 2.16 bits per heavy atom. The van der Waals surface area contributed by atoms with Gasteiger partial charge in [0.05, 0.1) is 14.2 Å². The maximum atomic E-state index is 12.0. The van der Waals surface area contributed by atoms with Crippen molar-refractivity contribution < 1.29 is 24.5 Å². The van der Waals surface area contributed by atoms with Gasteiger partial charge in [-0.05, 0) is 60.0 Å². The van der Waals surface area contributed by atoms with Crippen LogP contribution in [0.5, 0.6) is 23.0 Å². The maximum Gasteiger partial charge on any atom is 0.178 e. The molecule has 0 aliphatic rings. The highest BCUT2D eigenvalue weighted by Gasteiger charge is 2.06. The molecular weight excluding hydrogens is 320 g/mol. The van der Waals surface area contributed by atoms with Gasteiger partial charge in [0.25, 0.3) is 0 Å². The summed E-state index contributed by atoms with van der Waals surface area (Å²) in [5.41, 5.74) is 2.15. The zero-order valence-corrected chi connectivity index (χ0v) is 14.3. The Kier molecular flexibility index (Phi) is 5.84. The number of carbonyl (C=O) groups is 1. The smallest absolute Gasteiger partial charge is 0.178 e. The summed E-state index contributed by atoms with van der Waals surface area (Å²) < 4.78 is 10.1. The van der Waals surface area contributed by atoms with Gasteiger partial charge in [-0.1, -0.05) is 18.2 Å². The van der Waals surface area contributed by atoms with E-state index < -0.39 is 0 Å². The Bertz CT molecular complexity index is 834. The molecule has 5 nitrogen and oxygen atoms in total. The molecule has 0 aliphatic carbocycles. The van der Waals surface area contributed by atoms with Crippen molar-refractivity contribution in [2.45, 2.75) is 6.92 Å². The molecule has 2 N–H and O–H groups in total. The number of phenols is 2. The van der Waals surface area contributed by atoms with Crippen LogP contribution in [0.25, 0.3) is 12.2 Å². The molecule has 2 aromatic carbocycles. The normalized spacial score (nSPS) is 11.2. The van der Waals surface area contributed by atoms with Crippen LogP contribution in [0, 0.1) is 6.92 Å². The van der Waals surface area contributed by atoms with E-state index in [1.807, 2.05) is 0 Å². The van der Waals surface area contributed by atoms with Gasteiger partial charge in [-0.3, -0.25) is 4.79 Å². The summed E-state index contributed by atoms with van der Waals surface area (Å²) in [5, 5.41) is 19.4.